The summed E-state index contributed by atoms with van der Waals surface area (Å²) in [6.45, 7) is 11.4. The van der Waals surface area contributed by atoms with Gasteiger partial charge in [-0.1, -0.05) is 19.9 Å². The molecule has 2 fully saturated rings. The smallest absolute Gasteiger partial charge is 0.191 e. The second-order valence-electron chi connectivity index (χ2n) is 8.64. The fraction of sp³-hybridized carbons (Fsp3) is 0.773. The Morgan fingerprint density at radius 3 is 2.67 bits per heavy atom. The van der Waals surface area contributed by atoms with Gasteiger partial charge in [-0.05, 0) is 49.7 Å². The average molecular weight is 550 g/mol. The Bertz CT molecular complexity index is 621. The molecule has 0 bridgehead atoms. The lowest BCUT2D eigenvalue weighted by Crippen LogP contribution is -2.53. The summed E-state index contributed by atoms with van der Waals surface area (Å²) in [5.74, 6) is 2.11. The number of ether oxygens (including phenoxy) is 1. The summed E-state index contributed by atoms with van der Waals surface area (Å²) in [7, 11) is 4.14. The third-order valence-electron chi connectivity index (χ3n) is 6.36. The van der Waals surface area contributed by atoms with Crippen molar-refractivity contribution in [3.05, 3.63) is 22.4 Å². The van der Waals surface area contributed by atoms with Crippen LogP contribution in [0.2, 0.25) is 0 Å². The molecule has 3 unspecified atom stereocenters. The summed E-state index contributed by atoms with van der Waals surface area (Å²) in [4.78, 5) is 11.0. The number of guanidine groups is 1. The number of nitrogens with one attached hydrogen (secondary N) is 2. The van der Waals surface area contributed by atoms with E-state index >= 15 is 0 Å². The number of piperidine rings is 1. The van der Waals surface area contributed by atoms with Crippen molar-refractivity contribution < 1.29 is 4.74 Å². The van der Waals surface area contributed by atoms with Gasteiger partial charge in [0.05, 0.1) is 13.2 Å². The van der Waals surface area contributed by atoms with Crippen LogP contribution >= 0.6 is 35.3 Å². The summed E-state index contributed by atoms with van der Waals surface area (Å²) in [6, 6.07) is 5.46. The number of likely N-dealkylation sites (tertiary alicyclic amines) is 1. The average Bonchev–Trinajstić information content (AvgIpc) is 3.25. The Balaban J connectivity index is 0.00000320. The predicted molar refractivity (Wildman–Crippen MR) is 138 cm³/mol. The summed E-state index contributed by atoms with van der Waals surface area (Å²) in [5.41, 5.74) is 0. The molecule has 2 N–H and O–H groups in total. The van der Waals surface area contributed by atoms with Crippen LogP contribution in [0.5, 0.6) is 0 Å². The second-order valence-corrected chi connectivity index (χ2v) is 9.62. The van der Waals surface area contributed by atoms with Crippen molar-refractivity contribution in [3.63, 3.8) is 0 Å². The van der Waals surface area contributed by atoms with Gasteiger partial charge in [0.2, 0.25) is 0 Å². The molecule has 30 heavy (non-hydrogen) atoms. The van der Waals surface area contributed by atoms with E-state index in [0.717, 1.165) is 45.4 Å². The number of thiophene rings is 1. The lowest BCUT2D eigenvalue weighted by atomic mass is 9.88. The van der Waals surface area contributed by atoms with Gasteiger partial charge >= 0.3 is 0 Å². The predicted octanol–water partition coefficient (Wildman–Crippen LogP) is 3.27. The summed E-state index contributed by atoms with van der Waals surface area (Å²) < 4.78 is 5.53. The maximum absolute atomic E-state index is 5.53. The van der Waals surface area contributed by atoms with Crippen LogP contribution in [0.4, 0.5) is 0 Å². The first-order valence-corrected chi connectivity index (χ1v) is 12.0. The molecular weight excluding hydrogens is 509 g/mol. The first-order valence-electron chi connectivity index (χ1n) is 11.1. The SMILES string of the molecule is CN=C(NCC1CCCN(C)C1c1cccs1)NCC(C(C)C)N1CCOCC1.I. The van der Waals surface area contributed by atoms with Crippen LogP contribution in [0.15, 0.2) is 22.5 Å². The summed E-state index contributed by atoms with van der Waals surface area (Å²) in [6.07, 6.45) is 2.53. The van der Waals surface area contributed by atoms with E-state index in [4.69, 9.17) is 4.74 Å². The van der Waals surface area contributed by atoms with Crippen LogP contribution in [0.3, 0.4) is 0 Å². The molecule has 0 radical (unpaired) electrons. The molecule has 3 heterocycles. The first kappa shape index (κ1) is 25.8. The monoisotopic (exact) mass is 549 g/mol. The highest BCUT2D eigenvalue weighted by Crippen LogP contribution is 2.36. The van der Waals surface area contributed by atoms with E-state index in [1.165, 1.54) is 24.3 Å². The Hall–Kier alpha value is -0.420. The Kier molecular flexibility index (Phi) is 11.4. The molecule has 3 atom stereocenters. The minimum absolute atomic E-state index is 0. The lowest BCUT2D eigenvalue weighted by Gasteiger charge is -2.39. The van der Waals surface area contributed by atoms with E-state index < -0.39 is 0 Å². The minimum atomic E-state index is 0. The molecule has 2 aliphatic rings. The zero-order chi connectivity index (χ0) is 20.6. The van der Waals surface area contributed by atoms with Gasteiger partial charge in [-0.3, -0.25) is 14.8 Å². The molecule has 3 rings (SSSR count). The number of aliphatic imine (C=N–C) groups is 1. The van der Waals surface area contributed by atoms with E-state index in [1.807, 2.05) is 18.4 Å². The highest BCUT2D eigenvalue weighted by atomic mass is 127. The van der Waals surface area contributed by atoms with Crippen LogP contribution in [-0.4, -0.2) is 81.8 Å². The third kappa shape index (κ3) is 7.05. The largest absolute Gasteiger partial charge is 0.379 e. The molecule has 1 aromatic heterocycles. The molecule has 0 aromatic carbocycles. The minimum Gasteiger partial charge on any atom is -0.379 e. The topological polar surface area (TPSA) is 52.1 Å². The van der Waals surface area contributed by atoms with Crippen molar-refractivity contribution in [2.75, 3.05) is 60.0 Å². The van der Waals surface area contributed by atoms with Crippen molar-refractivity contribution in [1.82, 2.24) is 20.4 Å². The zero-order valence-electron chi connectivity index (χ0n) is 19.0. The van der Waals surface area contributed by atoms with Gasteiger partial charge in [0, 0.05) is 50.2 Å². The fourth-order valence-corrected chi connectivity index (χ4v) is 5.71. The fourth-order valence-electron chi connectivity index (χ4n) is 4.73. The normalized spacial score (nSPS) is 25.0. The van der Waals surface area contributed by atoms with Crippen LogP contribution in [0.25, 0.3) is 0 Å². The van der Waals surface area contributed by atoms with E-state index in [2.05, 4.69) is 63.8 Å². The third-order valence-corrected chi connectivity index (χ3v) is 7.30. The van der Waals surface area contributed by atoms with E-state index in [0.29, 0.717) is 23.9 Å². The van der Waals surface area contributed by atoms with Crippen LogP contribution in [-0.2, 0) is 4.74 Å². The zero-order valence-corrected chi connectivity index (χ0v) is 22.1. The van der Waals surface area contributed by atoms with E-state index in [9.17, 15) is 0 Å². The molecular formula is C22H40IN5OS. The number of hydrogen-bond donors (Lipinski definition) is 2. The standard InChI is InChI=1S/C22H39N5OS.HI/c1-17(2)19(27-10-12-28-13-11-27)16-25-22(23-3)24-15-18-7-5-9-26(4)21(18)20-8-6-14-29-20;/h6,8,14,17-19,21H,5,7,9-13,15-16H2,1-4H3,(H2,23,24,25);1H. The number of halogens is 1. The van der Waals surface area contributed by atoms with Crippen molar-refractivity contribution in [3.8, 4) is 0 Å². The quantitative estimate of drug-likeness (QED) is 0.311. The highest BCUT2D eigenvalue weighted by molar-refractivity contribution is 14.0. The number of morpholine rings is 1. The van der Waals surface area contributed by atoms with Gasteiger partial charge < -0.3 is 15.4 Å². The van der Waals surface area contributed by atoms with Crippen molar-refractivity contribution in [1.29, 1.82) is 0 Å². The van der Waals surface area contributed by atoms with Gasteiger partial charge in [-0.25, -0.2) is 0 Å². The Morgan fingerprint density at radius 2 is 2.03 bits per heavy atom. The molecule has 2 saturated heterocycles. The number of rotatable bonds is 7. The Morgan fingerprint density at radius 1 is 1.27 bits per heavy atom. The van der Waals surface area contributed by atoms with Gasteiger partial charge in [0.1, 0.15) is 0 Å². The van der Waals surface area contributed by atoms with E-state index in [1.54, 1.807) is 0 Å². The maximum atomic E-state index is 5.53. The molecule has 6 nitrogen and oxygen atoms in total. The van der Waals surface area contributed by atoms with Crippen molar-refractivity contribution in [2.45, 2.75) is 38.8 Å². The van der Waals surface area contributed by atoms with Gasteiger partial charge in [-0.2, -0.15) is 0 Å². The van der Waals surface area contributed by atoms with Gasteiger partial charge in [0.25, 0.3) is 0 Å². The number of nitrogens with zero attached hydrogens (tertiary/aromatic N) is 3. The van der Waals surface area contributed by atoms with E-state index in [-0.39, 0.29) is 24.0 Å². The van der Waals surface area contributed by atoms with Gasteiger partial charge in [-0.15, -0.1) is 35.3 Å². The van der Waals surface area contributed by atoms with Crippen molar-refractivity contribution in [2.24, 2.45) is 16.8 Å². The molecule has 0 aliphatic carbocycles. The van der Waals surface area contributed by atoms with Gasteiger partial charge in [0.15, 0.2) is 5.96 Å². The first-order chi connectivity index (χ1) is 14.1. The van der Waals surface area contributed by atoms with Crippen LogP contribution < -0.4 is 10.6 Å². The molecule has 0 amide bonds. The van der Waals surface area contributed by atoms with Crippen molar-refractivity contribution >= 4 is 41.3 Å². The lowest BCUT2D eigenvalue weighted by molar-refractivity contribution is 0.00751. The van der Waals surface area contributed by atoms with Crippen LogP contribution in [0, 0.1) is 11.8 Å². The summed E-state index contributed by atoms with van der Waals surface area (Å²) in [5, 5.41) is 9.41. The summed E-state index contributed by atoms with van der Waals surface area (Å²) >= 11 is 1.88. The molecule has 0 saturated carbocycles. The molecule has 2 aliphatic heterocycles. The molecule has 8 heteroatoms. The maximum Gasteiger partial charge on any atom is 0.191 e. The second kappa shape index (κ2) is 13.2. The molecule has 0 spiro atoms. The highest BCUT2D eigenvalue weighted by Gasteiger charge is 2.31. The molecule has 1 aromatic rings. The number of hydrogen-bond acceptors (Lipinski definition) is 5. The Labute approximate surface area is 203 Å². The molecule has 172 valence electrons. The van der Waals surface area contributed by atoms with Crippen LogP contribution in [0.1, 0.15) is 37.6 Å².